The third kappa shape index (κ3) is 8.54. The van der Waals surface area contributed by atoms with Gasteiger partial charge in [-0.15, -0.1) is 0 Å². The lowest BCUT2D eigenvalue weighted by Gasteiger charge is -2.40. The Morgan fingerprint density at radius 2 is 1.45 bits per heavy atom. The largest absolute Gasteiger partial charge is 0.463 e. The topological polar surface area (TPSA) is 87.7 Å². The molecule has 0 spiro atoms. The molecule has 0 aliphatic carbocycles. The van der Waals surface area contributed by atoms with Crippen molar-refractivity contribution in [2.45, 2.75) is 85.9 Å². The lowest BCUT2D eigenvalue weighted by atomic mass is 9.76. The summed E-state index contributed by atoms with van der Waals surface area (Å²) in [6, 6.07) is 16.7. The second kappa shape index (κ2) is 14.6. The number of amides is 2. The number of likely N-dealkylation sites (N-methyl/N-ethyl adjacent to an activating group) is 2. The predicted octanol–water partition coefficient (Wildman–Crippen LogP) is 5.74. The van der Waals surface area contributed by atoms with Crippen LogP contribution < -0.4 is 10.6 Å². The molecule has 0 fully saturated rings. The second-order valence-electron chi connectivity index (χ2n) is 12.9. The fourth-order valence-electron chi connectivity index (χ4n) is 5.25. The summed E-state index contributed by atoms with van der Waals surface area (Å²) in [7, 11) is 3.49. The molecule has 7 nitrogen and oxygen atoms in total. The van der Waals surface area contributed by atoms with Crippen molar-refractivity contribution in [3.63, 3.8) is 0 Å². The maximum atomic E-state index is 14.0. The minimum atomic E-state index is -0.792. The first-order valence-electron chi connectivity index (χ1n) is 14.8. The van der Waals surface area contributed by atoms with E-state index >= 15 is 0 Å². The predicted molar refractivity (Wildman–Crippen MR) is 171 cm³/mol. The van der Waals surface area contributed by atoms with Crippen LogP contribution in [0.3, 0.4) is 0 Å². The van der Waals surface area contributed by atoms with Crippen molar-refractivity contribution in [3.05, 3.63) is 71.8 Å². The third-order valence-electron chi connectivity index (χ3n) is 7.90. The number of carbonyl (C=O) groups excluding carboxylic acids is 3. The van der Waals surface area contributed by atoms with Gasteiger partial charge < -0.3 is 20.3 Å². The monoisotopic (exact) mass is 577 g/mol. The van der Waals surface area contributed by atoms with E-state index in [1.807, 2.05) is 66.7 Å². The summed E-state index contributed by atoms with van der Waals surface area (Å²) in [6.45, 7) is 17.6. The number of ether oxygens (including phenoxy) is 1. The lowest BCUT2D eigenvalue weighted by molar-refractivity contribution is -0.141. The maximum absolute atomic E-state index is 14.0. The van der Waals surface area contributed by atoms with E-state index < -0.39 is 28.9 Å². The number of nitrogens with one attached hydrogen (secondary N) is 2. The van der Waals surface area contributed by atoms with E-state index in [9.17, 15) is 14.4 Å². The van der Waals surface area contributed by atoms with Crippen LogP contribution in [-0.4, -0.2) is 61.5 Å². The van der Waals surface area contributed by atoms with Gasteiger partial charge in [0.05, 0.1) is 18.7 Å². The molecule has 230 valence electrons. The highest BCUT2D eigenvalue weighted by molar-refractivity contribution is 5.92. The van der Waals surface area contributed by atoms with Gasteiger partial charge in [0.25, 0.3) is 0 Å². The van der Waals surface area contributed by atoms with E-state index in [4.69, 9.17) is 4.74 Å². The molecule has 2 aromatic carbocycles. The van der Waals surface area contributed by atoms with Crippen molar-refractivity contribution < 1.29 is 19.1 Å². The van der Waals surface area contributed by atoms with Crippen LogP contribution in [0.1, 0.15) is 67.9 Å². The molecule has 0 saturated heterocycles. The molecule has 42 heavy (non-hydrogen) atoms. The van der Waals surface area contributed by atoms with Crippen molar-refractivity contribution in [3.8, 4) is 11.1 Å². The highest BCUT2D eigenvalue weighted by Crippen LogP contribution is 2.31. The second-order valence-corrected chi connectivity index (χ2v) is 12.9. The number of hydrogen-bond donors (Lipinski definition) is 2. The zero-order valence-corrected chi connectivity index (χ0v) is 27.4. The van der Waals surface area contributed by atoms with Gasteiger partial charge in [-0.3, -0.25) is 9.59 Å². The van der Waals surface area contributed by atoms with Gasteiger partial charge in [0.1, 0.15) is 6.04 Å². The van der Waals surface area contributed by atoms with Gasteiger partial charge in [0, 0.05) is 18.0 Å². The van der Waals surface area contributed by atoms with Crippen LogP contribution in [0.5, 0.6) is 0 Å². The Bertz CT molecular complexity index is 1230. The molecule has 2 aromatic rings. The average molecular weight is 578 g/mol. The van der Waals surface area contributed by atoms with E-state index in [2.05, 4.69) is 47.0 Å². The first-order chi connectivity index (χ1) is 19.6. The fourth-order valence-corrected chi connectivity index (χ4v) is 5.25. The van der Waals surface area contributed by atoms with Crippen LogP contribution in [0.2, 0.25) is 0 Å². The number of nitrogens with zero attached hydrogens (tertiary/aromatic N) is 1. The lowest BCUT2D eigenvalue weighted by Crippen LogP contribution is -2.61. The van der Waals surface area contributed by atoms with E-state index in [1.165, 1.54) is 0 Å². The number of esters is 1. The smallest absolute Gasteiger partial charge is 0.333 e. The Hall–Kier alpha value is -3.45. The first-order valence-corrected chi connectivity index (χ1v) is 14.8. The zero-order chi connectivity index (χ0) is 31.8. The molecule has 0 aliphatic heterocycles. The van der Waals surface area contributed by atoms with Crippen LogP contribution >= 0.6 is 0 Å². The Morgan fingerprint density at radius 1 is 0.905 bits per heavy atom. The minimum absolute atomic E-state index is 0.0301. The van der Waals surface area contributed by atoms with Crippen LogP contribution in [0.25, 0.3) is 11.1 Å². The van der Waals surface area contributed by atoms with Gasteiger partial charge in [-0.2, -0.15) is 0 Å². The summed E-state index contributed by atoms with van der Waals surface area (Å²) < 4.78 is 5.14. The molecule has 2 amide bonds. The molecule has 2 rings (SSSR count). The maximum Gasteiger partial charge on any atom is 0.333 e. The summed E-state index contributed by atoms with van der Waals surface area (Å²) in [4.78, 5) is 41.8. The van der Waals surface area contributed by atoms with Gasteiger partial charge in [-0.25, -0.2) is 4.79 Å². The summed E-state index contributed by atoms with van der Waals surface area (Å²) in [6.07, 6.45) is 1.78. The van der Waals surface area contributed by atoms with E-state index in [0.29, 0.717) is 5.57 Å². The van der Waals surface area contributed by atoms with E-state index in [1.54, 1.807) is 38.9 Å². The van der Waals surface area contributed by atoms with Crippen LogP contribution in [-0.2, 0) is 24.5 Å². The van der Waals surface area contributed by atoms with Crippen LogP contribution in [0, 0.1) is 11.3 Å². The van der Waals surface area contributed by atoms with Crippen molar-refractivity contribution in [1.82, 2.24) is 15.5 Å². The molecule has 2 N–H and O–H groups in total. The number of benzene rings is 2. The number of hydrogen-bond acceptors (Lipinski definition) is 5. The number of rotatable bonds is 12. The fraction of sp³-hybridized carbons (Fsp3) is 0.514. The summed E-state index contributed by atoms with van der Waals surface area (Å²) in [5.41, 5.74) is 2.54. The van der Waals surface area contributed by atoms with Gasteiger partial charge in [-0.1, -0.05) is 109 Å². The molecule has 0 aromatic heterocycles. The van der Waals surface area contributed by atoms with E-state index in [-0.39, 0.29) is 30.4 Å². The molecular weight excluding hydrogens is 526 g/mol. The molecule has 0 heterocycles. The Morgan fingerprint density at radius 3 is 1.93 bits per heavy atom. The first kappa shape index (κ1) is 34.7. The molecular formula is C35H51N3O4. The van der Waals surface area contributed by atoms with E-state index in [0.717, 1.165) is 16.7 Å². The summed E-state index contributed by atoms with van der Waals surface area (Å²) in [5.74, 6) is -0.846. The molecule has 7 heteroatoms. The van der Waals surface area contributed by atoms with Crippen LogP contribution in [0.4, 0.5) is 0 Å². The van der Waals surface area contributed by atoms with Crippen molar-refractivity contribution in [1.29, 1.82) is 0 Å². The highest BCUT2D eigenvalue weighted by atomic mass is 16.5. The Balaban J connectivity index is 2.34. The highest BCUT2D eigenvalue weighted by Gasteiger charge is 2.41. The molecule has 1 unspecified atom stereocenters. The van der Waals surface area contributed by atoms with Gasteiger partial charge >= 0.3 is 5.97 Å². The summed E-state index contributed by atoms with van der Waals surface area (Å²) >= 11 is 0. The normalized spacial score (nSPS) is 14.6. The molecule has 0 aliphatic rings. The van der Waals surface area contributed by atoms with Gasteiger partial charge in [0.2, 0.25) is 11.8 Å². The van der Waals surface area contributed by atoms with Crippen LogP contribution in [0.15, 0.2) is 66.2 Å². The Kier molecular flexibility index (Phi) is 12.1. The average Bonchev–Trinajstić information content (AvgIpc) is 2.93. The molecule has 0 saturated carbocycles. The molecule has 0 radical (unpaired) electrons. The third-order valence-corrected chi connectivity index (χ3v) is 7.90. The molecule has 0 bridgehead atoms. The van der Waals surface area contributed by atoms with Crippen molar-refractivity contribution in [2.75, 3.05) is 20.7 Å². The van der Waals surface area contributed by atoms with Gasteiger partial charge in [0.15, 0.2) is 0 Å². The van der Waals surface area contributed by atoms with Gasteiger partial charge in [-0.05, 0) is 48.9 Å². The standard InChI is InChI=1S/C35H51N3O4/c1-12-42-33(41)24(4)22-28(23(2)3)38(11)32(40)30(34(5,6)7)37-31(39)29(36-10)35(8,9)27-20-18-26(19-21-27)25-16-14-13-15-17-25/h13-23,28-30,36H,12H2,1-11H3,(H,37,39)/t28-,29?,30-/m1/s1. The SMILES string of the molecule is CCOC(=O)C(C)=C[C@H](C(C)C)N(C)C(=O)[C@@H](NC(=O)C(NC)C(C)(C)c1ccc(-c2ccccc2)cc1)C(C)(C)C. The Labute approximate surface area is 253 Å². The quantitative estimate of drug-likeness (QED) is 0.248. The number of carbonyl (C=O) groups is 3. The van der Waals surface area contributed by atoms with Crippen molar-refractivity contribution in [2.24, 2.45) is 11.3 Å². The summed E-state index contributed by atoms with van der Waals surface area (Å²) in [5, 5.41) is 6.29. The molecule has 3 atom stereocenters. The zero-order valence-electron chi connectivity index (χ0n) is 27.4. The minimum Gasteiger partial charge on any atom is -0.463 e. The van der Waals surface area contributed by atoms with Crippen molar-refractivity contribution >= 4 is 17.8 Å².